The number of benzene rings is 2. The van der Waals surface area contributed by atoms with E-state index in [1.54, 1.807) is 7.11 Å². The maximum Gasteiger partial charge on any atom is 0.471 e. The number of aromatic nitrogens is 2. The highest BCUT2D eigenvalue weighted by Gasteiger charge is 2.48. The second kappa shape index (κ2) is 13.0. The maximum atomic E-state index is 13.5. The fourth-order valence-corrected chi connectivity index (χ4v) is 6.79. The van der Waals surface area contributed by atoms with Crippen LogP contribution in [-0.4, -0.2) is 94.8 Å². The SMILES string of the molecule is COc1nc(C2CC2)nc(OC(C)C)c1CN1CC2CN(C(=O)C(F)(F)F)CCN2C(C(c2ccccc2)c2ccccc2)C1. The van der Waals surface area contributed by atoms with Gasteiger partial charge in [-0.2, -0.15) is 23.1 Å². The topological polar surface area (TPSA) is 71.0 Å². The van der Waals surface area contributed by atoms with E-state index in [9.17, 15) is 18.0 Å². The van der Waals surface area contributed by atoms with Crippen LogP contribution in [0.1, 0.15) is 61.0 Å². The zero-order chi connectivity index (χ0) is 31.7. The number of rotatable bonds is 9. The number of hydrogen-bond acceptors (Lipinski definition) is 7. The molecule has 11 heteroatoms. The number of halogens is 3. The molecule has 3 heterocycles. The first-order chi connectivity index (χ1) is 21.6. The molecular weight excluding hydrogens is 583 g/mol. The van der Waals surface area contributed by atoms with E-state index in [1.165, 1.54) is 0 Å². The molecule has 1 saturated carbocycles. The van der Waals surface area contributed by atoms with Gasteiger partial charge >= 0.3 is 12.1 Å². The van der Waals surface area contributed by atoms with Crippen LogP contribution < -0.4 is 9.47 Å². The van der Waals surface area contributed by atoms with Gasteiger partial charge in [0.25, 0.3) is 0 Å². The molecule has 1 aliphatic carbocycles. The molecule has 0 radical (unpaired) electrons. The smallest absolute Gasteiger partial charge is 0.471 e. The van der Waals surface area contributed by atoms with Crippen molar-refractivity contribution < 1.29 is 27.4 Å². The first-order valence-corrected chi connectivity index (χ1v) is 15.7. The summed E-state index contributed by atoms with van der Waals surface area (Å²) in [6, 6.07) is 20.1. The van der Waals surface area contributed by atoms with Gasteiger partial charge in [0.2, 0.25) is 11.8 Å². The Hall–Kier alpha value is -3.70. The van der Waals surface area contributed by atoms with Crippen molar-refractivity contribution in [1.29, 1.82) is 0 Å². The Kier molecular flexibility index (Phi) is 9.01. The lowest BCUT2D eigenvalue weighted by atomic mass is 9.81. The van der Waals surface area contributed by atoms with Crippen LogP contribution in [0.15, 0.2) is 60.7 Å². The minimum Gasteiger partial charge on any atom is -0.481 e. The van der Waals surface area contributed by atoms with Crippen LogP contribution in [0.4, 0.5) is 13.2 Å². The third-order valence-corrected chi connectivity index (χ3v) is 8.91. The van der Waals surface area contributed by atoms with Crippen LogP contribution in [0.5, 0.6) is 11.8 Å². The van der Waals surface area contributed by atoms with Crippen molar-refractivity contribution in [1.82, 2.24) is 24.7 Å². The number of carbonyl (C=O) groups is 1. The highest BCUT2D eigenvalue weighted by atomic mass is 19.4. The van der Waals surface area contributed by atoms with E-state index in [0.717, 1.165) is 40.3 Å². The fourth-order valence-electron chi connectivity index (χ4n) is 6.79. The van der Waals surface area contributed by atoms with E-state index in [2.05, 4.69) is 34.1 Å². The molecule has 6 rings (SSSR count). The molecular formula is C34H40F3N5O3. The normalized spacial score (nSPS) is 21.2. The molecule has 8 nitrogen and oxygen atoms in total. The van der Waals surface area contributed by atoms with Crippen LogP contribution in [0.2, 0.25) is 0 Å². The summed E-state index contributed by atoms with van der Waals surface area (Å²) >= 11 is 0. The van der Waals surface area contributed by atoms with Crippen molar-refractivity contribution in [2.45, 2.75) is 69.4 Å². The number of fused-ring (bicyclic) bond motifs is 1. The van der Waals surface area contributed by atoms with E-state index < -0.39 is 12.1 Å². The molecule has 2 saturated heterocycles. The quantitative estimate of drug-likeness (QED) is 0.323. The van der Waals surface area contributed by atoms with E-state index in [-0.39, 0.29) is 37.2 Å². The first kappa shape index (κ1) is 31.3. The van der Waals surface area contributed by atoms with Gasteiger partial charge < -0.3 is 14.4 Å². The highest BCUT2D eigenvalue weighted by molar-refractivity contribution is 5.82. The van der Waals surface area contributed by atoms with Gasteiger partial charge in [-0.1, -0.05) is 60.7 Å². The summed E-state index contributed by atoms with van der Waals surface area (Å²) in [5.41, 5.74) is 2.97. The van der Waals surface area contributed by atoms with Crippen molar-refractivity contribution in [3.63, 3.8) is 0 Å². The number of hydrogen-bond donors (Lipinski definition) is 0. The predicted octanol–water partition coefficient (Wildman–Crippen LogP) is 5.24. The van der Waals surface area contributed by atoms with Gasteiger partial charge in [0, 0.05) is 63.2 Å². The Morgan fingerprint density at radius 2 is 1.53 bits per heavy atom. The second-order valence-electron chi connectivity index (χ2n) is 12.5. The van der Waals surface area contributed by atoms with Crippen molar-refractivity contribution in [2.24, 2.45) is 0 Å². The molecule has 2 atom stereocenters. The van der Waals surface area contributed by atoms with Crippen LogP contribution in [0.25, 0.3) is 0 Å². The third-order valence-electron chi connectivity index (χ3n) is 8.91. The number of ether oxygens (including phenoxy) is 2. The summed E-state index contributed by atoms with van der Waals surface area (Å²) in [7, 11) is 1.59. The molecule has 2 aliphatic heterocycles. The van der Waals surface area contributed by atoms with E-state index in [1.807, 2.05) is 50.2 Å². The predicted molar refractivity (Wildman–Crippen MR) is 163 cm³/mol. The van der Waals surface area contributed by atoms with Crippen LogP contribution in [0, 0.1) is 0 Å². The summed E-state index contributed by atoms with van der Waals surface area (Å²) in [4.78, 5) is 27.4. The molecule has 3 aliphatic rings. The average molecular weight is 624 g/mol. The summed E-state index contributed by atoms with van der Waals surface area (Å²) < 4.78 is 52.6. The minimum atomic E-state index is -4.91. The summed E-state index contributed by atoms with van der Waals surface area (Å²) in [6.45, 7) is 5.75. The Morgan fingerprint density at radius 3 is 2.09 bits per heavy atom. The molecule has 1 aromatic heterocycles. The van der Waals surface area contributed by atoms with Gasteiger partial charge in [-0.05, 0) is 37.8 Å². The van der Waals surface area contributed by atoms with Crippen LogP contribution >= 0.6 is 0 Å². The Bertz CT molecular complexity index is 1430. The van der Waals surface area contributed by atoms with Gasteiger partial charge in [-0.25, -0.2) is 0 Å². The minimum absolute atomic E-state index is 0.00868. The Morgan fingerprint density at radius 1 is 0.911 bits per heavy atom. The van der Waals surface area contributed by atoms with Gasteiger partial charge in [0.15, 0.2) is 0 Å². The number of alkyl halides is 3. The number of amides is 1. The van der Waals surface area contributed by atoms with Crippen molar-refractivity contribution >= 4 is 5.91 Å². The lowest BCUT2D eigenvalue weighted by molar-refractivity contribution is -0.189. The Labute approximate surface area is 262 Å². The number of nitrogens with zero attached hydrogens (tertiary/aromatic N) is 5. The number of carbonyl (C=O) groups excluding carboxylic acids is 1. The molecule has 0 bridgehead atoms. The fraction of sp³-hybridized carbons (Fsp3) is 0.500. The van der Waals surface area contributed by atoms with Crippen molar-refractivity contribution in [3.8, 4) is 11.8 Å². The number of piperazine rings is 2. The van der Waals surface area contributed by atoms with Crippen LogP contribution in [0.3, 0.4) is 0 Å². The third kappa shape index (κ3) is 6.94. The average Bonchev–Trinajstić information content (AvgIpc) is 3.87. The van der Waals surface area contributed by atoms with Crippen LogP contribution in [-0.2, 0) is 11.3 Å². The van der Waals surface area contributed by atoms with Crippen molar-refractivity contribution in [3.05, 3.63) is 83.2 Å². The summed E-state index contributed by atoms with van der Waals surface area (Å²) in [6.07, 6.45) is -2.98. The van der Waals surface area contributed by atoms with Gasteiger partial charge in [-0.15, -0.1) is 0 Å². The summed E-state index contributed by atoms with van der Waals surface area (Å²) in [5.74, 6) is 0.129. The highest BCUT2D eigenvalue weighted by Crippen LogP contribution is 2.42. The molecule has 3 aromatic rings. The van der Waals surface area contributed by atoms with Crippen molar-refractivity contribution in [2.75, 3.05) is 39.8 Å². The lowest BCUT2D eigenvalue weighted by Crippen LogP contribution is -2.68. The summed E-state index contributed by atoms with van der Waals surface area (Å²) in [5, 5.41) is 0. The largest absolute Gasteiger partial charge is 0.481 e. The van der Waals surface area contributed by atoms with E-state index in [0.29, 0.717) is 43.9 Å². The number of methoxy groups -OCH3 is 1. The van der Waals surface area contributed by atoms with Gasteiger partial charge in [-0.3, -0.25) is 14.6 Å². The standard InChI is InChI=1S/C34H40F3N5O3/c1-22(2)45-32-27(31(44-3)38-30(39-32)25-14-15-25)20-40-18-26-19-41(33(43)34(35,36)37)16-17-42(26)28(21-40)29(23-10-6-4-7-11-23)24-12-8-5-9-13-24/h4-13,22,25-26,28-29H,14-21H2,1-3H3. The molecule has 0 N–H and O–H groups in total. The molecule has 45 heavy (non-hydrogen) atoms. The molecule has 240 valence electrons. The molecule has 2 unspecified atom stereocenters. The molecule has 1 amide bonds. The van der Waals surface area contributed by atoms with E-state index in [4.69, 9.17) is 19.4 Å². The maximum absolute atomic E-state index is 13.5. The Balaban J connectivity index is 1.38. The first-order valence-electron chi connectivity index (χ1n) is 15.7. The van der Waals surface area contributed by atoms with Gasteiger partial charge in [0.05, 0.1) is 18.8 Å². The molecule has 2 aromatic carbocycles. The molecule has 3 fully saturated rings. The van der Waals surface area contributed by atoms with E-state index >= 15 is 0 Å². The van der Waals surface area contributed by atoms with Gasteiger partial charge in [0.1, 0.15) is 5.82 Å². The second-order valence-corrected chi connectivity index (χ2v) is 12.5. The monoisotopic (exact) mass is 623 g/mol. The molecule has 0 spiro atoms. The zero-order valence-corrected chi connectivity index (χ0v) is 25.9. The zero-order valence-electron chi connectivity index (χ0n) is 25.9. The lowest BCUT2D eigenvalue weighted by Gasteiger charge is -2.53.